The van der Waals surface area contributed by atoms with E-state index < -0.39 is 43.4 Å². The highest BCUT2D eigenvalue weighted by atomic mass is 31.2. The van der Waals surface area contributed by atoms with Crippen molar-refractivity contribution in [2.75, 3.05) is 0 Å². The second kappa shape index (κ2) is 6.42. The number of hydrogen-bond donors (Lipinski definition) is 3. The predicted molar refractivity (Wildman–Crippen MR) is 71.2 cm³/mol. The Bertz CT molecular complexity index is 384. The zero-order valence-corrected chi connectivity index (χ0v) is 12.7. The van der Waals surface area contributed by atoms with E-state index in [1.165, 1.54) is 6.92 Å². The van der Waals surface area contributed by atoms with Gasteiger partial charge in [0.1, 0.15) is 20.1 Å². The first-order valence-electron chi connectivity index (χ1n) is 6.47. The number of halogens is 1. The van der Waals surface area contributed by atoms with E-state index in [0.29, 0.717) is 6.42 Å². The topological polar surface area (TPSA) is 96.2 Å². The molecular formula is C11H21BFO6P. The smallest absolute Gasteiger partial charge is 0.356 e. The maximum Gasteiger partial charge on any atom is 0.356 e. The molecule has 0 aliphatic carbocycles. The van der Waals surface area contributed by atoms with Crippen LogP contribution >= 0.6 is 7.60 Å². The van der Waals surface area contributed by atoms with Crippen LogP contribution in [-0.2, 0) is 13.8 Å². The van der Waals surface area contributed by atoms with Crippen molar-refractivity contribution in [2.45, 2.75) is 69.4 Å². The Balaban J connectivity index is 2.78. The summed E-state index contributed by atoms with van der Waals surface area (Å²) in [6, 6.07) is -1.23. The Morgan fingerprint density at radius 3 is 2.50 bits per heavy atom. The van der Waals surface area contributed by atoms with E-state index in [4.69, 9.17) is 17.1 Å². The summed E-state index contributed by atoms with van der Waals surface area (Å²) in [5, 5.41) is 18.9. The van der Waals surface area contributed by atoms with E-state index in [1.54, 1.807) is 6.92 Å². The van der Waals surface area contributed by atoms with Gasteiger partial charge in [0.05, 0.1) is 17.7 Å². The molecule has 0 amide bonds. The molecule has 1 fully saturated rings. The van der Waals surface area contributed by atoms with Crippen LogP contribution < -0.4 is 0 Å². The van der Waals surface area contributed by atoms with Gasteiger partial charge in [-0.05, 0) is 20.3 Å². The zero-order chi connectivity index (χ0) is 15.7. The van der Waals surface area contributed by atoms with Gasteiger partial charge in [0.25, 0.3) is 0 Å². The molecule has 0 aromatic carbocycles. The maximum atomic E-state index is 13.4. The fraction of sp³-hybridized carbons (Fsp3) is 1.00. The lowest BCUT2D eigenvalue weighted by molar-refractivity contribution is -0.0382. The highest BCUT2D eigenvalue weighted by molar-refractivity contribution is 7.53. The summed E-state index contributed by atoms with van der Waals surface area (Å²) < 4.78 is 35.4. The monoisotopic (exact) mass is 310 g/mol. The molecule has 2 unspecified atom stereocenters. The van der Waals surface area contributed by atoms with E-state index >= 15 is 0 Å². The summed E-state index contributed by atoms with van der Waals surface area (Å²) in [6.07, 6.45) is -3.76. The SMILES string of the molecule is [B][C@@H]1O[C@H](CC(C)(CC)OP(=O)(O)[C@@H](C)O)[C@@H](O)[C@H]1F. The third-order valence-corrected chi connectivity index (χ3v) is 5.20. The quantitative estimate of drug-likeness (QED) is 0.493. The molecule has 0 aromatic rings. The van der Waals surface area contributed by atoms with Gasteiger partial charge in [0, 0.05) is 6.42 Å². The van der Waals surface area contributed by atoms with E-state index in [1.807, 2.05) is 0 Å². The van der Waals surface area contributed by atoms with Gasteiger partial charge in [0.2, 0.25) is 0 Å². The van der Waals surface area contributed by atoms with Gasteiger partial charge < -0.3 is 24.4 Å². The highest BCUT2D eigenvalue weighted by Crippen LogP contribution is 2.51. The maximum absolute atomic E-state index is 13.4. The second-order valence-electron chi connectivity index (χ2n) is 5.37. The molecule has 2 radical (unpaired) electrons. The van der Waals surface area contributed by atoms with E-state index in [-0.39, 0.29) is 6.42 Å². The van der Waals surface area contributed by atoms with E-state index in [0.717, 1.165) is 6.92 Å². The molecule has 0 bridgehead atoms. The standard InChI is InChI=1S/C11H21BFO6P/c1-4-11(3,19-20(16,17)6(2)14)5-7-9(15)8(13)10(12)18-7/h6-10,14-15H,4-5H2,1-3H3,(H,16,17)/t6-,7+,8+,9+,10+,11?/m0/s1. The third kappa shape index (κ3) is 4.03. The van der Waals surface area contributed by atoms with Crippen molar-refractivity contribution in [3.05, 3.63) is 0 Å². The fourth-order valence-electron chi connectivity index (χ4n) is 1.99. The minimum atomic E-state index is -4.22. The van der Waals surface area contributed by atoms with Gasteiger partial charge in [-0.3, -0.25) is 4.57 Å². The van der Waals surface area contributed by atoms with Gasteiger partial charge in [-0.2, -0.15) is 0 Å². The Hall–Kier alpha value is 0.0249. The largest absolute Gasteiger partial charge is 0.387 e. The van der Waals surface area contributed by atoms with Crippen molar-refractivity contribution in [3.8, 4) is 0 Å². The van der Waals surface area contributed by atoms with Crippen LogP contribution in [-0.4, -0.2) is 58.8 Å². The molecule has 0 spiro atoms. The summed E-state index contributed by atoms with van der Waals surface area (Å²) in [4.78, 5) is 9.58. The van der Waals surface area contributed by atoms with Crippen molar-refractivity contribution < 1.29 is 33.3 Å². The summed E-state index contributed by atoms with van der Waals surface area (Å²) in [6.45, 7) is 4.38. The highest BCUT2D eigenvalue weighted by Gasteiger charge is 2.46. The normalized spacial score (nSPS) is 38.1. The van der Waals surface area contributed by atoms with Gasteiger partial charge in [-0.1, -0.05) is 6.92 Å². The number of aliphatic hydroxyl groups is 2. The Morgan fingerprint density at radius 1 is 1.60 bits per heavy atom. The van der Waals surface area contributed by atoms with Crippen LogP contribution in [0.2, 0.25) is 0 Å². The van der Waals surface area contributed by atoms with Crippen LogP contribution in [0, 0.1) is 0 Å². The van der Waals surface area contributed by atoms with Crippen molar-refractivity contribution in [1.82, 2.24) is 0 Å². The van der Waals surface area contributed by atoms with Crippen molar-refractivity contribution in [1.29, 1.82) is 0 Å². The first kappa shape index (κ1) is 18.1. The molecule has 9 heteroatoms. The molecule has 1 aliphatic heterocycles. The molecule has 1 heterocycles. The zero-order valence-electron chi connectivity index (χ0n) is 11.8. The Kier molecular flexibility index (Phi) is 5.80. The Labute approximate surface area is 119 Å². The molecule has 1 rings (SSSR count). The van der Waals surface area contributed by atoms with Crippen molar-refractivity contribution in [2.24, 2.45) is 0 Å². The summed E-state index contributed by atoms with van der Waals surface area (Å²) in [5.41, 5.74) is -1.16. The molecule has 116 valence electrons. The van der Waals surface area contributed by atoms with Gasteiger partial charge in [-0.15, -0.1) is 0 Å². The van der Waals surface area contributed by atoms with Crippen LogP contribution in [0.5, 0.6) is 0 Å². The van der Waals surface area contributed by atoms with Gasteiger partial charge in [0.15, 0.2) is 5.85 Å². The lowest BCUT2D eigenvalue weighted by atomic mass is 9.90. The van der Waals surface area contributed by atoms with Crippen LogP contribution in [0.1, 0.15) is 33.6 Å². The average Bonchev–Trinajstić information content (AvgIpc) is 2.56. The number of ether oxygens (including phenoxy) is 1. The molecular weight excluding hydrogens is 289 g/mol. The molecule has 20 heavy (non-hydrogen) atoms. The first-order chi connectivity index (χ1) is 9.02. The minimum Gasteiger partial charge on any atom is -0.387 e. The molecule has 0 saturated carbocycles. The van der Waals surface area contributed by atoms with E-state index in [2.05, 4.69) is 0 Å². The van der Waals surface area contributed by atoms with Crippen LogP contribution in [0.4, 0.5) is 4.39 Å². The van der Waals surface area contributed by atoms with Crippen LogP contribution in [0.3, 0.4) is 0 Å². The molecule has 1 saturated heterocycles. The number of alkyl halides is 1. The number of rotatable bonds is 6. The second-order valence-corrected chi connectivity index (χ2v) is 7.43. The Morgan fingerprint density at radius 2 is 2.15 bits per heavy atom. The number of hydrogen-bond acceptors (Lipinski definition) is 5. The first-order valence-corrected chi connectivity index (χ1v) is 8.11. The fourth-order valence-corrected chi connectivity index (χ4v) is 2.98. The molecule has 3 N–H and O–H groups in total. The van der Waals surface area contributed by atoms with E-state index in [9.17, 15) is 24.1 Å². The van der Waals surface area contributed by atoms with Gasteiger partial charge in [-0.25, -0.2) is 4.39 Å². The average molecular weight is 310 g/mol. The van der Waals surface area contributed by atoms with Crippen LogP contribution in [0.15, 0.2) is 0 Å². The van der Waals surface area contributed by atoms with Crippen molar-refractivity contribution in [3.63, 3.8) is 0 Å². The molecule has 1 aliphatic rings. The minimum absolute atomic E-state index is 0.0178. The molecule has 7 atom stereocenters. The third-order valence-electron chi connectivity index (χ3n) is 3.56. The predicted octanol–water partition coefficient (Wildman–Crippen LogP) is 0.678. The lowest BCUT2D eigenvalue weighted by Crippen LogP contribution is -2.38. The molecule has 6 nitrogen and oxygen atoms in total. The number of aliphatic hydroxyl groups excluding tert-OH is 2. The summed E-state index contributed by atoms with van der Waals surface area (Å²) in [5.74, 6) is -1.54. The van der Waals surface area contributed by atoms with Crippen molar-refractivity contribution >= 4 is 15.4 Å². The van der Waals surface area contributed by atoms with Crippen LogP contribution in [0.25, 0.3) is 0 Å². The summed E-state index contributed by atoms with van der Waals surface area (Å²) in [7, 11) is 1.14. The lowest BCUT2D eigenvalue weighted by Gasteiger charge is -2.34. The summed E-state index contributed by atoms with van der Waals surface area (Å²) >= 11 is 0. The molecule has 0 aromatic heterocycles. The van der Waals surface area contributed by atoms with Gasteiger partial charge >= 0.3 is 7.60 Å².